The van der Waals surface area contributed by atoms with Gasteiger partial charge in [0.15, 0.2) is 5.78 Å². The number of ketones is 1. The number of carbonyl (C=O) groups excluding carboxylic acids is 1. The van der Waals surface area contributed by atoms with Crippen LogP contribution in [0.1, 0.15) is 19.3 Å². The van der Waals surface area contributed by atoms with E-state index in [1.807, 2.05) is 4.90 Å². The first-order chi connectivity index (χ1) is 16.3. The Hall–Kier alpha value is -2.46. The number of hydrogen-bond acceptors (Lipinski definition) is 7. The van der Waals surface area contributed by atoms with Crippen molar-refractivity contribution in [2.75, 3.05) is 19.6 Å². The van der Waals surface area contributed by atoms with Gasteiger partial charge in [0.25, 0.3) is 0 Å². The lowest BCUT2D eigenvalue weighted by atomic mass is 10.1. The molecule has 1 aromatic carbocycles. The molecule has 5 rings (SSSR count). The molecule has 1 aromatic heterocycles. The summed E-state index contributed by atoms with van der Waals surface area (Å²) in [7, 11) is -3.52. The molecule has 178 valence electrons. The van der Waals surface area contributed by atoms with E-state index in [1.54, 1.807) is 36.5 Å². The Morgan fingerprint density at radius 1 is 1.12 bits per heavy atom. The number of benzene rings is 1. The van der Waals surface area contributed by atoms with E-state index >= 15 is 0 Å². The highest BCUT2D eigenvalue weighted by Gasteiger charge is 2.30. The number of nitrogens with zero attached hydrogens (tertiary/aromatic N) is 3. The molecule has 1 saturated heterocycles. The normalized spacial score (nSPS) is 20.8. The Kier molecular flexibility index (Phi) is 6.37. The minimum Gasteiger partial charge on any atom is -0.472 e. The van der Waals surface area contributed by atoms with Crippen LogP contribution in [-0.4, -0.2) is 62.1 Å². The van der Waals surface area contributed by atoms with E-state index < -0.39 is 10.0 Å². The number of nitrogens with one attached hydrogen (secondary N) is 1. The summed E-state index contributed by atoms with van der Waals surface area (Å²) >= 11 is 12.6. The van der Waals surface area contributed by atoms with E-state index in [1.165, 1.54) is 6.20 Å². The van der Waals surface area contributed by atoms with Gasteiger partial charge in [-0.15, -0.1) is 0 Å². The Morgan fingerprint density at radius 3 is 2.62 bits per heavy atom. The van der Waals surface area contributed by atoms with Crippen molar-refractivity contribution in [1.29, 1.82) is 0 Å². The first kappa shape index (κ1) is 23.3. The second kappa shape index (κ2) is 9.30. The largest absolute Gasteiger partial charge is 0.472 e. The van der Waals surface area contributed by atoms with Gasteiger partial charge < -0.3 is 9.64 Å². The van der Waals surface area contributed by atoms with Crippen molar-refractivity contribution in [3.63, 3.8) is 0 Å². The fourth-order valence-corrected chi connectivity index (χ4v) is 5.67. The van der Waals surface area contributed by atoms with Crippen LogP contribution >= 0.6 is 23.2 Å². The van der Waals surface area contributed by atoms with Crippen molar-refractivity contribution in [2.45, 2.75) is 36.3 Å². The summed E-state index contributed by atoms with van der Waals surface area (Å²) in [5, 5.41) is 0.640. The molecule has 1 N–H and O–H groups in total. The third-order valence-corrected chi connectivity index (χ3v) is 8.14. The molecule has 2 aliphatic heterocycles. The number of hydrogen-bond donors (Lipinski definition) is 1. The summed E-state index contributed by atoms with van der Waals surface area (Å²) < 4.78 is 33.6. The second-order valence-corrected chi connectivity index (χ2v) is 11.0. The molecule has 2 fully saturated rings. The van der Waals surface area contributed by atoms with Gasteiger partial charge in [-0.3, -0.25) is 9.79 Å². The van der Waals surface area contributed by atoms with Crippen LogP contribution in [-0.2, 0) is 14.8 Å². The van der Waals surface area contributed by atoms with Crippen molar-refractivity contribution < 1.29 is 17.9 Å². The fourth-order valence-electron chi connectivity index (χ4n) is 3.93. The molecular formula is C23H22Cl2N4O4S. The molecule has 3 heterocycles. The lowest BCUT2D eigenvalue weighted by Gasteiger charge is -2.22. The lowest BCUT2D eigenvalue weighted by molar-refractivity contribution is -0.113. The SMILES string of the molecule is O=C1CN=CC(N2CC[C@@H](Oc3cc(-c4ccc(S(=O)(=O)NC5CC5)cc4)c(Cl)cn3)C2)=C1Cl. The summed E-state index contributed by atoms with van der Waals surface area (Å²) in [5.41, 5.74) is 2.07. The summed E-state index contributed by atoms with van der Waals surface area (Å²) in [5.74, 6) is 0.224. The monoisotopic (exact) mass is 520 g/mol. The van der Waals surface area contributed by atoms with Crippen molar-refractivity contribution in [3.05, 3.63) is 52.3 Å². The van der Waals surface area contributed by atoms with Crippen LogP contribution in [0.25, 0.3) is 11.1 Å². The highest BCUT2D eigenvalue weighted by molar-refractivity contribution is 7.89. The molecule has 1 aliphatic carbocycles. The van der Waals surface area contributed by atoms with Gasteiger partial charge in [-0.1, -0.05) is 35.3 Å². The second-order valence-electron chi connectivity index (χ2n) is 8.49. The first-order valence-electron chi connectivity index (χ1n) is 10.9. The molecule has 11 heteroatoms. The van der Waals surface area contributed by atoms with Crippen LogP contribution < -0.4 is 9.46 Å². The summed E-state index contributed by atoms with van der Waals surface area (Å²) in [4.78, 5) is 22.4. The van der Waals surface area contributed by atoms with E-state index in [-0.39, 0.29) is 34.4 Å². The van der Waals surface area contributed by atoms with Crippen molar-refractivity contribution in [1.82, 2.24) is 14.6 Å². The van der Waals surface area contributed by atoms with Crippen LogP contribution in [0.3, 0.4) is 0 Å². The predicted molar refractivity (Wildman–Crippen MR) is 130 cm³/mol. The fraction of sp³-hybridized carbons (Fsp3) is 0.348. The number of Topliss-reactive ketones (excluding diaryl/α,β-unsaturated/α-hetero) is 1. The van der Waals surface area contributed by atoms with Crippen molar-refractivity contribution in [3.8, 4) is 17.0 Å². The van der Waals surface area contributed by atoms with E-state index in [9.17, 15) is 13.2 Å². The van der Waals surface area contributed by atoms with Gasteiger partial charge in [-0.2, -0.15) is 0 Å². The maximum Gasteiger partial charge on any atom is 0.240 e. The summed E-state index contributed by atoms with van der Waals surface area (Å²) in [6.07, 6.45) is 5.49. The highest BCUT2D eigenvalue weighted by atomic mass is 35.5. The summed E-state index contributed by atoms with van der Waals surface area (Å²) in [6.45, 7) is 1.31. The lowest BCUT2D eigenvalue weighted by Crippen LogP contribution is -2.28. The van der Waals surface area contributed by atoms with Gasteiger partial charge in [0.1, 0.15) is 17.7 Å². The zero-order valence-electron chi connectivity index (χ0n) is 18.1. The van der Waals surface area contributed by atoms with Gasteiger partial charge in [-0.25, -0.2) is 18.1 Å². The number of sulfonamides is 1. The van der Waals surface area contributed by atoms with Gasteiger partial charge >= 0.3 is 0 Å². The van der Waals surface area contributed by atoms with Crippen molar-refractivity contribution >= 4 is 45.2 Å². The molecule has 1 saturated carbocycles. The average Bonchev–Trinajstić information content (AvgIpc) is 3.50. The molecule has 0 spiro atoms. The predicted octanol–water partition coefficient (Wildman–Crippen LogP) is 3.40. The minimum atomic E-state index is -3.52. The van der Waals surface area contributed by atoms with Gasteiger partial charge in [0.05, 0.1) is 28.4 Å². The molecule has 0 amide bonds. The topological polar surface area (TPSA) is 101 Å². The smallest absolute Gasteiger partial charge is 0.240 e. The van der Waals surface area contributed by atoms with Crippen LogP contribution in [0.15, 0.2) is 57.1 Å². The maximum atomic E-state index is 12.4. The maximum absolute atomic E-state index is 12.4. The molecule has 8 nitrogen and oxygen atoms in total. The number of pyridine rings is 1. The number of halogens is 2. The molecule has 0 radical (unpaired) electrons. The van der Waals surface area contributed by atoms with Gasteiger partial charge in [-0.05, 0) is 30.5 Å². The molecule has 0 unspecified atom stereocenters. The Balaban J connectivity index is 1.29. The van der Waals surface area contributed by atoms with Crippen LogP contribution in [0.4, 0.5) is 0 Å². The number of allylic oxidation sites excluding steroid dienone is 1. The number of aromatic nitrogens is 1. The molecule has 2 aromatic rings. The third-order valence-electron chi connectivity index (χ3n) is 5.90. The average molecular weight is 521 g/mol. The van der Waals surface area contributed by atoms with E-state index in [0.717, 1.165) is 24.8 Å². The van der Waals surface area contributed by atoms with Gasteiger partial charge in [0, 0.05) is 36.9 Å². The number of rotatable bonds is 7. The van der Waals surface area contributed by atoms with Crippen LogP contribution in [0, 0.1) is 0 Å². The minimum absolute atomic E-state index is 0.0451. The standard InChI is InChI=1S/C23H22Cl2N4O4S/c24-19-10-27-22(33-16-7-8-29(13-16)20-11-26-12-21(30)23(20)25)9-18(19)14-1-5-17(6-2-14)34(31,32)28-15-3-4-15/h1-2,5-6,9-11,15-16,28H,3-4,7-8,12-13H2/t16-/m1/s1. The van der Waals surface area contributed by atoms with Crippen LogP contribution in [0.2, 0.25) is 5.02 Å². The molecule has 3 aliphatic rings. The van der Waals surface area contributed by atoms with Crippen molar-refractivity contribution in [2.24, 2.45) is 4.99 Å². The molecular weight excluding hydrogens is 499 g/mol. The quantitative estimate of drug-likeness (QED) is 0.600. The van der Waals surface area contributed by atoms with E-state index in [2.05, 4.69) is 14.7 Å². The molecule has 34 heavy (non-hydrogen) atoms. The molecule has 1 atom stereocenters. The Morgan fingerprint density at radius 2 is 1.88 bits per heavy atom. The van der Waals surface area contributed by atoms with Crippen LogP contribution in [0.5, 0.6) is 5.88 Å². The van der Waals surface area contributed by atoms with E-state index in [0.29, 0.717) is 35.3 Å². The zero-order valence-corrected chi connectivity index (χ0v) is 20.4. The van der Waals surface area contributed by atoms with Gasteiger partial charge in [0.2, 0.25) is 15.9 Å². The number of aliphatic imine (C=N–C) groups is 1. The summed E-state index contributed by atoms with van der Waals surface area (Å²) in [6, 6.07) is 8.36. The first-order valence-corrected chi connectivity index (χ1v) is 13.2. The number of likely N-dealkylation sites (tertiary alicyclic amines) is 1. The highest BCUT2D eigenvalue weighted by Crippen LogP contribution is 2.32. The Bertz CT molecular complexity index is 1290. The number of dihydropyridines is 1. The number of ether oxygens (including phenoxy) is 1. The number of carbonyl (C=O) groups is 1. The third kappa shape index (κ3) is 4.98. The molecule has 0 bridgehead atoms. The van der Waals surface area contributed by atoms with E-state index in [4.69, 9.17) is 27.9 Å². The Labute approximate surface area is 207 Å². The zero-order chi connectivity index (χ0) is 23.9.